The van der Waals surface area contributed by atoms with E-state index in [1.54, 1.807) is 11.3 Å². The number of carbonyl (C=O) groups excluding carboxylic acids is 1. The molecule has 3 rings (SSSR count). The van der Waals surface area contributed by atoms with E-state index in [0.717, 1.165) is 24.8 Å². The van der Waals surface area contributed by atoms with Gasteiger partial charge in [0.2, 0.25) is 5.91 Å². The summed E-state index contributed by atoms with van der Waals surface area (Å²) in [6, 6.07) is 1.77. The van der Waals surface area contributed by atoms with E-state index in [4.69, 9.17) is 0 Å². The van der Waals surface area contributed by atoms with Crippen molar-refractivity contribution in [3.05, 3.63) is 22.4 Å². The summed E-state index contributed by atoms with van der Waals surface area (Å²) in [5.74, 6) is -0.577. The zero-order chi connectivity index (χ0) is 13.4. The van der Waals surface area contributed by atoms with Crippen LogP contribution < -0.4 is 5.32 Å². The molecule has 2 N–H and O–H groups in total. The van der Waals surface area contributed by atoms with Crippen LogP contribution in [-0.4, -0.2) is 23.0 Å². The van der Waals surface area contributed by atoms with Crippen molar-refractivity contribution in [2.75, 3.05) is 0 Å². The summed E-state index contributed by atoms with van der Waals surface area (Å²) in [5, 5.41) is 16.2. The summed E-state index contributed by atoms with van der Waals surface area (Å²) < 4.78 is 0. The van der Waals surface area contributed by atoms with Crippen LogP contribution in [0.2, 0.25) is 0 Å². The number of aliphatic carboxylic acids is 1. The van der Waals surface area contributed by atoms with E-state index >= 15 is 0 Å². The smallest absolute Gasteiger partial charge is 0.308 e. The van der Waals surface area contributed by atoms with Crippen LogP contribution in [0.25, 0.3) is 0 Å². The van der Waals surface area contributed by atoms with E-state index in [-0.39, 0.29) is 23.8 Å². The molecule has 0 aliphatic heterocycles. The molecule has 1 heterocycles. The van der Waals surface area contributed by atoms with Crippen LogP contribution in [0.4, 0.5) is 0 Å². The van der Waals surface area contributed by atoms with Gasteiger partial charge in [-0.15, -0.1) is 0 Å². The average molecular weight is 279 g/mol. The Kier molecular flexibility index (Phi) is 3.31. The number of carbonyl (C=O) groups is 2. The highest BCUT2D eigenvalue weighted by Crippen LogP contribution is 2.48. The third-order valence-electron chi connectivity index (χ3n) is 4.47. The van der Waals surface area contributed by atoms with Crippen LogP contribution >= 0.6 is 11.3 Å². The third-order valence-corrected chi connectivity index (χ3v) is 5.21. The fraction of sp³-hybridized carbons (Fsp3) is 0.571. The van der Waals surface area contributed by atoms with Gasteiger partial charge in [-0.1, -0.05) is 0 Å². The Hall–Kier alpha value is -1.36. The summed E-state index contributed by atoms with van der Waals surface area (Å²) in [6.07, 6.45) is 3.36. The molecule has 2 bridgehead atoms. The van der Waals surface area contributed by atoms with Crippen molar-refractivity contribution in [2.45, 2.75) is 31.7 Å². The monoisotopic (exact) mass is 279 g/mol. The minimum absolute atomic E-state index is 0.0535. The first-order chi connectivity index (χ1) is 9.15. The standard InChI is InChI=1S/C14H17NO3S/c16-11(5-8-3-4-19-7-8)15-13-10-2-1-9(6-10)12(13)14(17)18/h3-4,7,9-10,12-13H,1-2,5-6H2,(H,15,16)(H,17,18)/t9-,10-,12+,13+/m0/s1. The molecule has 5 heteroatoms. The maximum absolute atomic E-state index is 12.0. The van der Waals surface area contributed by atoms with Gasteiger partial charge in [-0.3, -0.25) is 9.59 Å². The summed E-state index contributed by atoms with van der Waals surface area (Å²) >= 11 is 1.57. The zero-order valence-corrected chi connectivity index (χ0v) is 11.4. The highest BCUT2D eigenvalue weighted by molar-refractivity contribution is 7.07. The van der Waals surface area contributed by atoms with Crippen molar-refractivity contribution >= 4 is 23.2 Å². The van der Waals surface area contributed by atoms with Crippen molar-refractivity contribution in [2.24, 2.45) is 17.8 Å². The molecule has 0 spiro atoms. The molecule has 1 aromatic heterocycles. The van der Waals surface area contributed by atoms with Crippen LogP contribution in [0.5, 0.6) is 0 Å². The van der Waals surface area contributed by atoms with Crippen molar-refractivity contribution in [3.63, 3.8) is 0 Å². The number of carboxylic acids is 1. The molecule has 0 aromatic carbocycles. The van der Waals surface area contributed by atoms with Gasteiger partial charge in [0.1, 0.15) is 0 Å². The van der Waals surface area contributed by atoms with Crippen LogP contribution in [-0.2, 0) is 16.0 Å². The molecule has 2 fully saturated rings. The summed E-state index contributed by atoms with van der Waals surface area (Å²) in [4.78, 5) is 23.4. The molecule has 1 aromatic rings. The Balaban J connectivity index is 1.65. The SMILES string of the molecule is O=C(Cc1ccsc1)N[C@@H]1[C@H]2CC[C@@H](C2)[C@H]1C(=O)O. The van der Waals surface area contributed by atoms with Gasteiger partial charge in [0.05, 0.1) is 12.3 Å². The minimum Gasteiger partial charge on any atom is -0.481 e. The number of thiophene rings is 1. The number of amides is 1. The molecule has 2 aliphatic rings. The number of hydrogen-bond donors (Lipinski definition) is 2. The second-order valence-corrected chi connectivity index (χ2v) is 6.38. The maximum atomic E-state index is 12.0. The average Bonchev–Trinajstić information content (AvgIpc) is 3.03. The highest BCUT2D eigenvalue weighted by atomic mass is 32.1. The van der Waals surface area contributed by atoms with Crippen LogP contribution in [0.15, 0.2) is 16.8 Å². The molecule has 4 atom stereocenters. The first kappa shape index (κ1) is 12.7. The summed E-state index contributed by atoms with van der Waals surface area (Å²) in [6.45, 7) is 0. The molecular weight excluding hydrogens is 262 g/mol. The molecule has 0 radical (unpaired) electrons. The summed E-state index contributed by atoms with van der Waals surface area (Å²) in [5.41, 5.74) is 0.998. The fourth-order valence-electron chi connectivity index (χ4n) is 3.67. The topological polar surface area (TPSA) is 66.4 Å². The van der Waals surface area contributed by atoms with Gasteiger partial charge in [-0.05, 0) is 53.5 Å². The van der Waals surface area contributed by atoms with Gasteiger partial charge >= 0.3 is 5.97 Å². The molecule has 1 amide bonds. The molecule has 0 unspecified atom stereocenters. The Bertz CT molecular complexity index is 485. The van der Waals surface area contributed by atoms with Crippen LogP contribution in [0.1, 0.15) is 24.8 Å². The van der Waals surface area contributed by atoms with E-state index in [0.29, 0.717) is 12.3 Å². The number of fused-ring (bicyclic) bond motifs is 2. The maximum Gasteiger partial charge on any atom is 0.308 e. The van der Waals surface area contributed by atoms with Gasteiger partial charge in [0, 0.05) is 6.04 Å². The fourth-order valence-corrected chi connectivity index (χ4v) is 4.34. The lowest BCUT2D eigenvalue weighted by Crippen LogP contribution is -2.47. The Morgan fingerprint density at radius 2 is 2.16 bits per heavy atom. The lowest BCUT2D eigenvalue weighted by Gasteiger charge is -2.28. The van der Waals surface area contributed by atoms with E-state index in [1.165, 1.54) is 0 Å². The van der Waals surface area contributed by atoms with E-state index in [1.807, 2.05) is 16.8 Å². The van der Waals surface area contributed by atoms with Gasteiger partial charge in [-0.25, -0.2) is 0 Å². The van der Waals surface area contributed by atoms with E-state index in [9.17, 15) is 14.7 Å². The van der Waals surface area contributed by atoms with E-state index in [2.05, 4.69) is 5.32 Å². The zero-order valence-electron chi connectivity index (χ0n) is 10.5. The van der Waals surface area contributed by atoms with Crippen molar-refractivity contribution < 1.29 is 14.7 Å². The van der Waals surface area contributed by atoms with Gasteiger partial charge in [0.15, 0.2) is 0 Å². The largest absolute Gasteiger partial charge is 0.481 e. The number of nitrogens with one attached hydrogen (secondary N) is 1. The van der Waals surface area contributed by atoms with Crippen LogP contribution in [0, 0.1) is 17.8 Å². The number of rotatable bonds is 4. The highest BCUT2D eigenvalue weighted by Gasteiger charge is 2.51. The Labute approximate surface area is 115 Å². The Morgan fingerprint density at radius 1 is 1.37 bits per heavy atom. The van der Waals surface area contributed by atoms with Gasteiger partial charge in [-0.2, -0.15) is 11.3 Å². The molecular formula is C14H17NO3S. The predicted molar refractivity (Wildman–Crippen MR) is 71.9 cm³/mol. The lowest BCUT2D eigenvalue weighted by atomic mass is 9.84. The molecule has 19 heavy (non-hydrogen) atoms. The molecule has 102 valence electrons. The molecule has 4 nitrogen and oxygen atoms in total. The Morgan fingerprint density at radius 3 is 2.84 bits per heavy atom. The molecule has 2 saturated carbocycles. The third kappa shape index (κ3) is 2.39. The first-order valence-electron chi connectivity index (χ1n) is 6.68. The van der Waals surface area contributed by atoms with Crippen molar-refractivity contribution in [1.82, 2.24) is 5.32 Å². The number of carboxylic acid groups (broad SMARTS) is 1. The van der Waals surface area contributed by atoms with Gasteiger partial charge < -0.3 is 10.4 Å². The quantitative estimate of drug-likeness (QED) is 0.884. The van der Waals surface area contributed by atoms with Crippen molar-refractivity contribution in [1.29, 1.82) is 0 Å². The molecule has 2 aliphatic carbocycles. The minimum atomic E-state index is -0.756. The van der Waals surface area contributed by atoms with Gasteiger partial charge in [0.25, 0.3) is 0 Å². The predicted octanol–water partition coefficient (Wildman–Crippen LogP) is 1.91. The van der Waals surface area contributed by atoms with Crippen LogP contribution in [0.3, 0.4) is 0 Å². The first-order valence-corrected chi connectivity index (χ1v) is 7.62. The van der Waals surface area contributed by atoms with Crippen molar-refractivity contribution in [3.8, 4) is 0 Å². The normalized spacial score (nSPS) is 32.4. The molecule has 0 saturated heterocycles. The second-order valence-electron chi connectivity index (χ2n) is 5.60. The van der Waals surface area contributed by atoms with E-state index < -0.39 is 5.97 Å². The summed E-state index contributed by atoms with van der Waals surface area (Å²) in [7, 11) is 0. The lowest BCUT2D eigenvalue weighted by molar-refractivity contribution is -0.144. The number of hydrogen-bond acceptors (Lipinski definition) is 3. The second kappa shape index (κ2) is 4.96.